The molecular formula is C24H27F2N3O2. The van der Waals surface area contributed by atoms with Crippen LogP contribution in [0.25, 0.3) is 10.8 Å². The third-order valence-corrected chi connectivity index (χ3v) is 5.57. The number of aromatic nitrogens is 1. The van der Waals surface area contributed by atoms with Crippen molar-refractivity contribution in [3.05, 3.63) is 81.3 Å². The summed E-state index contributed by atoms with van der Waals surface area (Å²) in [4.78, 5) is 27.3. The Morgan fingerprint density at radius 3 is 2.35 bits per heavy atom. The molecule has 5 nitrogen and oxygen atoms in total. The van der Waals surface area contributed by atoms with E-state index in [1.165, 1.54) is 61.8 Å². The predicted octanol–water partition coefficient (Wildman–Crippen LogP) is 3.77. The van der Waals surface area contributed by atoms with Crippen LogP contribution in [-0.2, 0) is 13.6 Å². The number of hydrogen-bond donors (Lipinski definition) is 1. The van der Waals surface area contributed by atoms with Gasteiger partial charge in [0.2, 0.25) is 0 Å². The summed E-state index contributed by atoms with van der Waals surface area (Å²) in [5, 5.41) is 2.84. The van der Waals surface area contributed by atoms with Gasteiger partial charge in [-0.25, -0.2) is 8.78 Å². The molecule has 164 valence electrons. The molecule has 0 bridgehead atoms. The molecule has 0 unspecified atom stereocenters. The highest BCUT2D eigenvalue weighted by molar-refractivity contribution is 6.07. The van der Waals surface area contributed by atoms with Crippen LogP contribution < -0.4 is 10.9 Å². The van der Waals surface area contributed by atoms with Crippen LogP contribution in [0.15, 0.2) is 47.3 Å². The number of carbonyl (C=O) groups excluding carboxylic acids is 1. The first-order chi connectivity index (χ1) is 14.8. The molecule has 3 aromatic rings. The van der Waals surface area contributed by atoms with Crippen molar-refractivity contribution in [2.45, 2.75) is 26.3 Å². The highest BCUT2D eigenvalue weighted by atomic mass is 19.1. The van der Waals surface area contributed by atoms with E-state index in [-0.39, 0.29) is 22.9 Å². The van der Waals surface area contributed by atoms with Crippen LogP contribution in [0.3, 0.4) is 0 Å². The maximum Gasteiger partial charge on any atom is 0.261 e. The zero-order chi connectivity index (χ0) is 22.5. The molecule has 31 heavy (non-hydrogen) atoms. The first-order valence-electron chi connectivity index (χ1n) is 10.3. The van der Waals surface area contributed by atoms with Crippen LogP contribution in [0.5, 0.6) is 0 Å². The molecule has 1 N–H and O–H groups in total. The third-order valence-electron chi connectivity index (χ3n) is 5.57. The number of carbonyl (C=O) groups is 1. The summed E-state index contributed by atoms with van der Waals surface area (Å²) in [7, 11) is 3.67. The van der Waals surface area contributed by atoms with E-state index in [1.54, 1.807) is 25.1 Å². The topological polar surface area (TPSA) is 54.3 Å². The molecule has 1 fully saturated rings. The lowest BCUT2D eigenvalue weighted by Crippen LogP contribution is -2.29. The lowest BCUT2D eigenvalue weighted by Gasteiger charge is -2.14. The SMILES string of the molecule is CN1CCCC1.Cc1c(C(=O)NCc2cccc(F)c2)c2cccc(F)c2c(=O)n1C. The number of benzene rings is 2. The van der Waals surface area contributed by atoms with Crippen LogP contribution >= 0.6 is 0 Å². The minimum atomic E-state index is -0.669. The fraction of sp³-hybridized carbons (Fsp3) is 0.333. The van der Waals surface area contributed by atoms with Crippen LogP contribution in [-0.4, -0.2) is 35.5 Å². The minimum Gasteiger partial charge on any atom is -0.348 e. The number of likely N-dealkylation sites (tertiary alicyclic amines) is 1. The first-order valence-corrected chi connectivity index (χ1v) is 10.3. The number of pyridine rings is 1. The van der Waals surface area contributed by atoms with Gasteiger partial charge >= 0.3 is 0 Å². The van der Waals surface area contributed by atoms with E-state index in [1.807, 2.05) is 0 Å². The molecule has 0 spiro atoms. The fourth-order valence-electron chi connectivity index (χ4n) is 3.71. The Kier molecular flexibility index (Phi) is 7.17. The monoisotopic (exact) mass is 427 g/mol. The average Bonchev–Trinajstić information content (AvgIpc) is 3.22. The van der Waals surface area contributed by atoms with Crippen molar-refractivity contribution >= 4 is 16.7 Å². The van der Waals surface area contributed by atoms with E-state index in [9.17, 15) is 18.4 Å². The van der Waals surface area contributed by atoms with E-state index in [0.717, 1.165) is 0 Å². The molecule has 1 aliphatic heterocycles. The molecule has 0 aliphatic carbocycles. The molecule has 7 heteroatoms. The summed E-state index contributed by atoms with van der Waals surface area (Å²) in [6, 6.07) is 10.1. The summed E-state index contributed by atoms with van der Waals surface area (Å²) in [5.41, 5.74) is 0.770. The van der Waals surface area contributed by atoms with Crippen molar-refractivity contribution in [1.29, 1.82) is 0 Å². The summed E-state index contributed by atoms with van der Waals surface area (Å²) in [5.74, 6) is -1.51. The summed E-state index contributed by atoms with van der Waals surface area (Å²) >= 11 is 0. The number of nitrogens with zero attached hydrogens (tertiary/aromatic N) is 2. The number of fused-ring (bicyclic) bond motifs is 1. The van der Waals surface area contributed by atoms with Gasteiger partial charge in [0, 0.05) is 24.7 Å². The van der Waals surface area contributed by atoms with Gasteiger partial charge in [-0.15, -0.1) is 0 Å². The Morgan fingerprint density at radius 1 is 1.06 bits per heavy atom. The Balaban J connectivity index is 0.000000391. The second-order valence-electron chi connectivity index (χ2n) is 7.81. The van der Waals surface area contributed by atoms with Gasteiger partial charge in [-0.3, -0.25) is 9.59 Å². The van der Waals surface area contributed by atoms with Crippen LogP contribution in [0.1, 0.15) is 34.5 Å². The Bertz CT molecular complexity index is 1150. The van der Waals surface area contributed by atoms with E-state index >= 15 is 0 Å². The first kappa shape index (κ1) is 22.6. The largest absolute Gasteiger partial charge is 0.348 e. The smallest absolute Gasteiger partial charge is 0.261 e. The summed E-state index contributed by atoms with van der Waals surface area (Å²) in [6.07, 6.45) is 2.83. The second-order valence-corrected chi connectivity index (χ2v) is 7.81. The maximum atomic E-state index is 14.1. The molecule has 0 atom stereocenters. The van der Waals surface area contributed by atoms with Crippen molar-refractivity contribution in [3.8, 4) is 0 Å². The van der Waals surface area contributed by atoms with Gasteiger partial charge in [-0.05, 0) is 63.7 Å². The Labute approximate surface area is 180 Å². The van der Waals surface area contributed by atoms with Gasteiger partial charge in [0.25, 0.3) is 11.5 Å². The Morgan fingerprint density at radius 2 is 1.74 bits per heavy atom. The number of nitrogens with one attached hydrogen (secondary N) is 1. The molecule has 1 aliphatic rings. The van der Waals surface area contributed by atoms with Crippen molar-refractivity contribution < 1.29 is 13.6 Å². The van der Waals surface area contributed by atoms with Gasteiger partial charge in [-0.1, -0.05) is 24.3 Å². The molecule has 0 radical (unpaired) electrons. The molecule has 1 aromatic heterocycles. The Hall–Kier alpha value is -3.06. The van der Waals surface area contributed by atoms with Crippen LogP contribution in [0.4, 0.5) is 8.78 Å². The second kappa shape index (κ2) is 9.83. The quantitative estimate of drug-likeness (QED) is 0.692. The molecule has 2 aromatic carbocycles. The standard InChI is InChI=1S/C19H16F2N2O2.C5H11N/c1-11-16(18(24)22-10-12-5-3-6-13(20)9-12)14-7-4-8-15(21)17(14)19(25)23(11)2;1-6-4-2-3-5-6/h3-9H,10H2,1-2H3,(H,22,24);2-5H2,1H3. The van der Waals surface area contributed by atoms with Gasteiger partial charge in [-0.2, -0.15) is 0 Å². The average molecular weight is 427 g/mol. The van der Waals surface area contributed by atoms with Crippen molar-refractivity contribution in [2.75, 3.05) is 20.1 Å². The van der Waals surface area contributed by atoms with Gasteiger partial charge < -0.3 is 14.8 Å². The number of hydrogen-bond acceptors (Lipinski definition) is 3. The normalized spacial score (nSPS) is 13.7. The van der Waals surface area contributed by atoms with Crippen LogP contribution in [0.2, 0.25) is 0 Å². The lowest BCUT2D eigenvalue weighted by atomic mass is 10.0. The zero-order valence-corrected chi connectivity index (χ0v) is 18.0. The minimum absolute atomic E-state index is 0.119. The fourth-order valence-corrected chi connectivity index (χ4v) is 3.71. The predicted molar refractivity (Wildman–Crippen MR) is 118 cm³/mol. The molecule has 2 heterocycles. The van der Waals surface area contributed by atoms with E-state index < -0.39 is 23.1 Å². The summed E-state index contributed by atoms with van der Waals surface area (Å²) in [6.45, 7) is 4.39. The molecule has 4 rings (SSSR count). The number of rotatable bonds is 3. The van der Waals surface area contributed by atoms with Crippen molar-refractivity contribution in [1.82, 2.24) is 14.8 Å². The molecule has 1 amide bonds. The van der Waals surface area contributed by atoms with Gasteiger partial charge in [0.1, 0.15) is 11.6 Å². The van der Waals surface area contributed by atoms with E-state index in [0.29, 0.717) is 11.3 Å². The van der Waals surface area contributed by atoms with Gasteiger partial charge in [0.05, 0.1) is 10.9 Å². The third kappa shape index (κ3) is 5.17. The highest BCUT2D eigenvalue weighted by Gasteiger charge is 2.19. The molecule has 0 saturated carbocycles. The zero-order valence-electron chi connectivity index (χ0n) is 18.0. The highest BCUT2D eigenvalue weighted by Crippen LogP contribution is 2.21. The number of halogens is 2. The number of amides is 1. The van der Waals surface area contributed by atoms with E-state index in [4.69, 9.17) is 0 Å². The maximum absolute atomic E-state index is 14.1. The summed E-state index contributed by atoms with van der Waals surface area (Å²) < 4.78 is 28.6. The van der Waals surface area contributed by atoms with Crippen molar-refractivity contribution in [2.24, 2.45) is 7.05 Å². The lowest BCUT2D eigenvalue weighted by molar-refractivity contribution is 0.0951. The molecular weight excluding hydrogens is 400 g/mol. The van der Waals surface area contributed by atoms with E-state index in [2.05, 4.69) is 17.3 Å². The van der Waals surface area contributed by atoms with Crippen molar-refractivity contribution in [3.63, 3.8) is 0 Å². The van der Waals surface area contributed by atoms with Gasteiger partial charge in [0.15, 0.2) is 0 Å². The van der Waals surface area contributed by atoms with Crippen LogP contribution in [0, 0.1) is 18.6 Å². The molecule has 1 saturated heterocycles.